The second kappa shape index (κ2) is 14.0. The van der Waals surface area contributed by atoms with E-state index in [1.54, 1.807) is 47.5 Å². The Balaban J connectivity index is 0.975. The summed E-state index contributed by atoms with van der Waals surface area (Å²) in [5.74, 6) is -0.855. The summed E-state index contributed by atoms with van der Waals surface area (Å²) in [7, 11) is 2.13. The lowest BCUT2D eigenvalue weighted by Gasteiger charge is -2.34. The zero-order chi connectivity index (χ0) is 32.0. The van der Waals surface area contributed by atoms with Gasteiger partial charge in [0.1, 0.15) is 11.5 Å². The largest absolute Gasteiger partial charge is 0.369 e. The zero-order valence-corrected chi connectivity index (χ0v) is 25.9. The van der Waals surface area contributed by atoms with Crippen molar-refractivity contribution in [1.82, 2.24) is 19.8 Å². The van der Waals surface area contributed by atoms with Crippen LogP contribution in [0.3, 0.4) is 0 Å². The number of nitrogens with one attached hydrogen (secondary N) is 1. The van der Waals surface area contributed by atoms with Gasteiger partial charge in [-0.25, -0.2) is 4.39 Å². The molecule has 2 aromatic heterocycles. The summed E-state index contributed by atoms with van der Waals surface area (Å²) in [5, 5.41) is 2.80. The highest BCUT2D eigenvalue weighted by Crippen LogP contribution is 2.25. The number of pyridine rings is 2. The molecule has 4 heterocycles. The van der Waals surface area contributed by atoms with Crippen molar-refractivity contribution >= 4 is 29.0 Å². The first kappa shape index (κ1) is 31.0. The lowest BCUT2D eigenvalue weighted by Crippen LogP contribution is -2.44. The molecule has 2 aliphatic rings. The first-order valence-electron chi connectivity index (χ1n) is 15.7. The highest BCUT2D eigenvalue weighted by atomic mass is 19.1. The van der Waals surface area contributed by atoms with Crippen LogP contribution >= 0.6 is 0 Å². The van der Waals surface area contributed by atoms with E-state index in [1.165, 1.54) is 18.3 Å². The van der Waals surface area contributed by atoms with E-state index in [9.17, 15) is 18.8 Å². The summed E-state index contributed by atoms with van der Waals surface area (Å²) in [4.78, 5) is 54.2. The Bertz CT molecular complexity index is 1660. The lowest BCUT2D eigenvalue weighted by molar-refractivity contribution is 0.0645. The normalized spacial score (nSPS) is 15.9. The smallest absolute Gasteiger partial charge is 0.272 e. The van der Waals surface area contributed by atoms with Gasteiger partial charge >= 0.3 is 0 Å². The fourth-order valence-electron chi connectivity index (χ4n) is 5.92. The molecule has 2 aliphatic heterocycles. The van der Waals surface area contributed by atoms with Crippen LogP contribution in [0.2, 0.25) is 0 Å². The topological polar surface area (TPSA) is 98.7 Å². The van der Waals surface area contributed by atoms with Gasteiger partial charge in [-0.05, 0) is 86.1 Å². The number of hydrogen-bond donors (Lipinski definition) is 1. The number of likely N-dealkylation sites (N-methyl/N-ethyl adjacent to an activating group) is 1. The summed E-state index contributed by atoms with van der Waals surface area (Å²) in [5.41, 5.74) is 4.69. The van der Waals surface area contributed by atoms with E-state index >= 15 is 0 Å². The minimum absolute atomic E-state index is 0.121. The fourth-order valence-corrected chi connectivity index (χ4v) is 5.92. The molecule has 2 fully saturated rings. The predicted octanol–water partition coefficient (Wildman–Crippen LogP) is 4.95. The van der Waals surface area contributed by atoms with Gasteiger partial charge in [-0.3, -0.25) is 24.4 Å². The van der Waals surface area contributed by atoms with Crippen LogP contribution in [0.1, 0.15) is 55.3 Å². The van der Waals surface area contributed by atoms with Gasteiger partial charge in [0.05, 0.1) is 17.4 Å². The van der Waals surface area contributed by atoms with Crippen LogP contribution in [-0.2, 0) is 6.42 Å². The van der Waals surface area contributed by atoms with Gasteiger partial charge in [-0.1, -0.05) is 12.1 Å². The number of ketones is 1. The van der Waals surface area contributed by atoms with Crippen molar-refractivity contribution in [2.45, 2.75) is 19.3 Å². The average Bonchev–Trinajstić information content (AvgIpc) is 3.10. The van der Waals surface area contributed by atoms with E-state index in [2.05, 4.69) is 32.1 Å². The first-order valence-corrected chi connectivity index (χ1v) is 15.7. The van der Waals surface area contributed by atoms with E-state index in [-0.39, 0.29) is 35.0 Å². The monoisotopic (exact) mass is 620 g/mol. The maximum Gasteiger partial charge on any atom is 0.272 e. The molecule has 6 rings (SSSR count). The number of Topliss-reactive ketones (excluding diaryl/α,β-unsaturated/α-hetero) is 1. The average molecular weight is 621 g/mol. The summed E-state index contributed by atoms with van der Waals surface area (Å²) in [6.45, 7) is 4.97. The summed E-state index contributed by atoms with van der Waals surface area (Å²) in [6.07, 6.45) is 4.71. The number of hydrogen-bond acceptors (Lipinski definition) is 7. The number of carbonyl (C=O) groups excluding carboxylic acids is 3. The Morgan fingerprint density at radius 2 is 1.48 bits per heavy atom. The van der Waals surface area contributed by atoms with Gasteiger partial charge in [0.2, 0.25) is 0 Å². The zero-order valence-electron chi connectivity index (χ0n) is 25.9. The number of rotatable bonds is 8. The van der Waals surface area contributed by atoms with E-state index < -0.39 is 0 Å². The van der Waals surface area contributed by atoms with E-state index in [1.807, 2.05) is 24.3 Å². The maximum atomic E-state index is 13.2. The number of anilines is 2. The molecule has 0 radical (unpaired) electrons. The molecule has 0 atom stereocenters. The standard InChI is InChI=1S/C36H37FN6O3/c1-41-18-20-42(21-19-41)32-11-4-26(5-12-32)34(44)27-14-16-43(17-15-27)36(46)33-13-6-28(23-39-33)35(45)40-31-10-9-30(38-24-31)22-25-2-7-29(37)8-3-25/h2-13,23-24,27H,14-22H2,1H3,(H,40,45). The molecular weight excluding hydrogens is 583 g/mol. The molecule has 1 N–H and O–H groups in total. The fraction of sp³-hybridized carbons (Fsp3) is 0.306. The summed E-state index contributed by atoms with van der Waals surface area (Å²) < 4.78 is 13.1. The number of piperidine rings is 1. The number of benzene rings is 2. The van der Waals surface area contributed by atoms with E-state index in [0.717, 1.165) is 48.7 Å². The lowest BCUT2D eigenvalue weighted by atomic mass is 9.88. The third-order valence-electron chi connectivity index (χ3n) is 8.80. The molecule has 9 nitrogen and oxygen atoms in total. The summed E-state index contributed by atoms with van der Waals surface area (Å²) >= 11 is 0. The van der Waals surface area contributed by atoms with Gasteiger partial charge in [-0.15, -0.1) is 0 Å². The SMILES string of the molecule is CN1CCN(c2ccc(C(=O)C3CCN(C(=O)c4ccc(C(=O)Nc5ccc(Cc6ccc(F)cc6)nc5)cn4)CC3)cc2)CC1. The number of likely N-dealkylation sites (tertiary alicyclic amines) is 1. The Morgan fingerprint density at radius 3 is 2.11 bits per heavy atom. The van der Waals surface area contributed by atoms with Gasteiger partial charge in [0.15, 0.2) is 5.78 Å². The van der Waals surface area contributed by atoms with Crippen molar-refractivity contribution in [1.29, 1.82) is 0 Å². The Morgan fingerprint density at radius 1 is 0.783 bits per heavy atom. The highest BCUT2D eigenvalue weighted by molar-refractivity contribution is 6.04. The molecular formula is C36H37FN6O3. The third-order valence-corrected chi connectivity index (χ3v) is 8.80. The third kappa shape index (κ3) is 7.46. The second-order valence-corrected chi connectivity index (χ2v) is 12.0. The molecule has 2 amide bonds. The number of piperazine rings is 1. The van der Waals surface area contributed by atoms with Crippen LogP contribution < -0.4 is 10.2 Å². The van der Waals surface area contributed by atoms with Gasteiger partial charge in [0.25, 0.3) is 11.8 Å². The van der Waals surface area contributed by atoms with Gasteiger partial charge in [-0.2, -0.15) is 0 Å². The molecule has 0 spiro atoms. The Labute approximate surface area is 268 Å². The predicted molar refractivity (Wildman–Crippen MR) is 175 cm³/mol. The van der Waals surface area contributed by atoms with Crippen molar-refractivity contribution in [3.63, 3.8) is 0 Å². The van der Waals surface area contributed by atoms with Crippen LogP contribution in [0.4, 0.5) is 15.8 Å². The maximum absolute atomic E-state index is 13.2. The van der Waals surface area contributed by atoms with Crippen LogP contribution in [0, 0.1) is 11.7 Å². The number of halogens is 1. The van der Waals surface area contributed by atoms with Crippen LogP contribution in [0.15, 0.2) is 85.2 Å². The van der Waals surface area contributed by atoms with Crippen LogP contribution in [0.25, 0.3) is 0 Å². The van der Waals surface area contributed by atoms with E-state index in [0.29, 0.717) is 43.6 Å². The quantitative estimate of drug-likeness (QED) is 0.279. The van der Waals surface area contributed by atoms with E-state index in [4.69, 9.17) is 0 Å². The molecule has 236 valence electrons. The molecule has 0 bridgehead atoms. The molecule has 4 aromatic rings. The molecule has 2 saturated heterocycles. The molecule has 0 aliphatic carbocycles. The molecule has 46 heavy (non-hydrogen) atoms. The van der Waals surface area contributed by atoms with Crippen LogP contribution in [-0.4, -0.2) is 83.7 Å². The van der Waals surface area contributed by atoms with Crippen molar-refractivity contribution < 1.29 is 18.8 Å². The van der Waals surface area contributed by atoms with Crippen LogP contribution in [0.5, 0.6) is 0 Å². The number of amides is 2. The van der Waals surface area contributed by atoms with Gasteiger partial charge in [0, 0.05) is 74.7 Å². The molecule has 0 saturated carbocycles. The van der Waals surface area contributed by atoms with Crippen molar-refractivity contribution in [2.24, 2.45) is 5.92 Å². The molecule has 0 unspecified atom stereocenters. The molecule has 2 aromatic carbocycles. The van der Waals surface area contributed by atoms with Crippen molar-refractivity contribution in [2.75, 3.05) is 56.5 Å². The van der Waals surface area contributed by atoms with Crippen molar-refractivity contribution in [3.8, 4) is 0 Å². The second-order valence-electron chi connectivity index (χ2n) is 12.0. The highest BCUT2D eigenvalue weighted by Gasteiger charge is 2.29. The van der Waals surface area contributed by atoms with Crippen molar-refractivity contribution in [3.05, 3.63) is 119 Å². The summed E-state index contributed by atoms with van der Waals surface area (Å²) in [6, 6.07) is 20.9. The number of nitrogens with zero attached hydrogens (tertiary/aromatic N) is 5. The minimum Gasteiger partial charge on any atom is -0.369 e. The minimum atomic E-state index is -0.365. The Hall–Kier alpha value is -4.96. The number of aromatic nitrogens is 2. The molecule has 10 heteroatoms. The van der Waals surface area contributed by atoms with Gasteiger partial charge < -0.3 is 20.0 Å². The first-order chi connectivity index (χ1) is 22.3. The number of carbonyl (C=O) groups is 3. The Kier molecular flexibility index (Phi) is 9.44.